The van der Waals surface area contributed by atoms with Crippen LogP contribution in [0.2, 0.25) is 5.02 Å². The Kier molecular flexibility index (Phi) is 4.19. The van der Waals surface area contributed by atoms with Crippen LogP contribution in [0.25, 0.3) is 0 Å². The van der Waals surface area contributed by atoms with E-state index in [0.717, 1.165) is 10.4 Å². The number of hydrogen-bond donors (Lipinski definition) is 0. The predicted octanol–water partition coefficient (Wildman–Crippen LogP) is 2.19. The molecule has 0 aliphatic heterocycles. The zero-order valence-corrected chi connectivity index (χ0v) is 12.1. The molecule has 0 bridgehead atoms. The van der Waals surface area contributed by atoms with Crippen molar-refractivity contribution >= 4 is 30.5 Å². The van der Waals surface area contributed by atoms with Crippen LogP contribution < -0.4 is 10.4 Å². The lowest BCUT2D eigenvalue weighted by Gasteiger charge is -2.28. The van der Waals surface area contributed by atoms with E-state index in [0.29, 0.717) is 5.02 Å². The first-order valence-corrected chi connectivity index (χ1v) is 7.85. The molecule has 0 N–H and O–H groups in total. The van der Waals surface area contributed by atoms with E-state index in [1.807, 2.05) is 54.6 Å². The van der Waals surface area contributed by atoms with Crippen LogP contribution in [0.15, 0.2) is 54.6 Å². The van der Waals surface area contributed by atoms with Crippen molar-refractivity contribution in [1.29, 1.82) is 0 Å². The summed E-state index contributed by atoms with van der Waals surface area (Å²) in [6.45, 7) is 0. The minimum Gasteiger partial charge on any atom is -0.391 e. The Hall–Kier alpha value is -1.13. The molecule has 0 aliphatic carbocycles. The van der Waals surface area contributed by atoms with Crippen LogP contribution in [0.3, 0.4) is 0 Å². The SMILES string of the molecule is CO[Si](OC)(c1ccccc1)c1ccccc1Cl. The maximum Gasteiger partial charge on any atom is 0.408 e. The molecule has 0 saturated carbocycles. The number of rotatable bonds is 4. The Morgan fingerprint density at radius 1 is 0.833 bits per heavy atom. The average Bonchev–Trinajstić information content (AvgIpc) is 2.44. The van der Waals surface area contributed by atoms with Gasteiger partial charge in [0.25, 0.3) is 0 Å². The van der Waals surface area contributed by atoms with Crippen LogP contribution in [-0.4, -0.2) is 22.8 Å². The lowest BCUT2D eigenvalue weighted by atomic mass is 10.4. The summed E-state index contributed by atoms with van der Waals surface area (Å²) in [5.41, 5.74) is 0. The molecule has 0 heterocycles. The summed E-state index contributed by atoms with van der Waals surface area (Å²) in [4.78, 5) is 0. The molecule has 0 unspecified atom stereocenters. The summed E-state index contributed by atoms with van der Waals surface area (Å²) < 4.78 is 11.5. The first-order chi connectivity index (χ1) is 8.74. The smallest absolute Gasteiger partial charge is 0.391 e. The van der Waals surface area contributed by atoms with E-state index >= 15 is 0 Å². The maximum atomic E-state index is 6.29. The Bertz CT molecular complexity index is 512. The van der Waals surface area contributed by atoms with Gasteiger partial charge in [-0.05, 0) is 11.3 Å². The summed E-state index contributed by atoms with van der Waals surface area (Å²) >= 11 is 6.29. The van der Waals surface area contributed by atoms with Crippen molar-refractivity contribution in [2.75, 3.05) is 14.2 Å². The van der Waals surface area contributed by atoms with E-state index in [9.17, 15) is 0 Å². The van der Waals surface area contributed by atoms with Gasteiger partial charge in [-0.2, -0.15) is 0 Å². The molecule has 2 nitrogen and oxygen atoms in total. The van der Waals surface area contributed by atoms with Gasteiger partial charge in [-0.15, -0.1) is 0 Å². The van der Waals surface area contributed by atoms with Crippen molar-refractivity contribution in [1.82, 2.24) is 0 Å². The largest absolute Gasteiger partial charge is 0.408 e. The van der Waals surface area contributed by atoms with Crippen molar-refractivity contribution in [2.45, 2.75) is 0 Å². The molecule has 2 aromatic rings. The number of benzene rings is 2. The van der Waals surface area contributed by atoms with Crippen molar-refractivity contribution in [3.05, 3.63) is 59.6 Å². The highest BCUT2D eigenvalue weighted by Gasteiger charge is 2.42. The molecular weight excluding hydrogens is 264 g/mol. The molecule has 0 aliphatic rings. The van der Waals surface area contributed by atoms with E-state index in [1.165, 1.54) is 0 Å². The molecule has 4 heteroatoms. The van der Waals surface area contributed by atoms with Gasteiger partial charge in [0.15, 0.2) is 0 Å². The lowest BCUT2D eigenvalue weighted by molar-refractivity contribution is 0.273. The quantitative estimate of drug-likeness (QED) is 0.799. The monoisotopic (exact) mass is 278 g/mol. The van der Waals surface area contributed by atoms with Gasteiger partial charge in [0, 0.05) is 24.4 Å². The third-order valence-electron chi connectivity index (χ3n) is 2.96. The Morgan fingerprint density at radius 3 is 1.94 bits per heavy atom. The molecule has 94 valence electrons. The van der Waals surface area contributed by atoms with Crippen molar-refractivity contribution in [3.63, 3.8) is 0 Å². The van der Waals surface area contributed by atoms with E-state index in [1.54, 1.807) is 14.2 Å². The summed E-state index contributed by atoms with van der Waals surface area (Å²) in [6.07, 6.45) is 0. The Balaban J connectivity index is 2.62. The Labute approximate surface area is 113 Å². The van der Waals surface area contributed by atoms with Gasteiger partial charge in [-0.1, -0.05) is 60.1 Å². The van der Waals surface area contributed by atoms with Crippen molar-refractivity contribution in [3.8, 4) is 0 Å². The fraction of sp³-hybridized carbons (Fsp3) is 0.143. The molecule has 0 spiro atoms. The van der Waals surface area contributed by atoms with E-state index in [-0.39, 0.29) is 0 Å². The lowest BCUT2D eigenvalue weighted by Crippen LogP contribution is -2.62. The second kappa shape index (κ2) is 5.67. The third kappa shape index (κ3) is 2.22. The topological polar surface area (TPSA) is 18.5 Å². The van der Waals surface area contributed by atoms with E-state index in [2.05, 4.69) is 0 Å². The molecule has 0 saturated heterocycles. The van der Waals surface area contributed by atoms with Gasteiger partial charge >= 0.3 is 8.56 Å². The van der Waals surface area contributed by atoms with Gasteiger partial charge < -0.3 is 8.85 Å². The van der Waals surface area contributed by atoms with Gasteiger partial charge in [0.2, 0.25) is 0 Å². The van der Waals surface area contributed by atoms with Crippen molar-refractivity contribution < 1.29 is 8.85 Å². The predicted molar refractivity (Wildman–Crippen MR) is 76.9 cm³/mol. The summed E-state index contributed by atoms with van der Waals surface area (Å²) in [7, 11) is 0.673. The van der Waals surface area contributed by atoms with Gasteiger partial charge in [0.05, 0.1) is 0 Å². The van der Waals surface area contributed by atoms with Gasteiger partial charge in [0.1, 0.15) is 0 Å². The fourth-order valence-electron chi connectivity index (χ4n) is 2.08. The van der Waals surface area contributed by atoms with Crippen LogP contribution in [0.1, 0.15) is 0 Å². The van der Waals surface area contributed by atoms with Crippen LogP contribution in [-0.2, 0) is 8.85 Å². The first-order valence-electron chi connectivity index (χ1n) is 5.65. The first kappa shape index (κ1) is 13.3. The zero-order chi connectivity index (χ0) is 13.0. The van der Waals surface area contributed by atoms with Crippen LogP contribution in [0.4, 0.5) is 0 Å². The molecule has 0 aromatic heterocycles. The maximum absolute atomic E-state index is 6.29. The summed E-state index contributed by atoms with van der Waals surface area (Å²) in [5, 5.41) is 2.66. The summed E-state index contributed by atoms with van der Waals surface area (Å²) in [6, 6.07) is 17.6. The number of hydrogen-bond acceptors (Lipinski definition) is 2. The average molecular weight is 279 g/mol. The van der Waals surface area contributed by atoms with Crippen LogP contribution in [0.5, 0.6) is 0 Å². The number of halogens is 1. The molecule has 0 radical (unpaired) electrons. The summed E-state index contributed by atoms with van der Waals surface area (Å²) in [5.74, 6) is 0. The highest BCUT2D eigenvalue weighted by Crippen LogP contribution is 2.14. The molecule has 0 fully saturated rings. The molecule has 18 heavy (non-hydrogen) atoms. The molecule has 0 amide bonds. The van der Waals surface area contributed by atoms with Crippen molar-refractivity contribution in [2.24, 2.45) is 0 Å². The molecular formula is C14H15ClO2Si. The normalized spacial score (nSPS) is 11.5. The van der Waals surface area contributed by atoms with Gasteiger partial charge in [-0.3, -0.25) is 0 Å². The Morgan fingerprint density at radius 2 is 1.39 bits per heavy atom. The molecule has 2 aromatic carbocycles. The van der Waals surface area contributed by atoms with Gasteiger partial charge in [-0.25, -0.2) is 0 Å². The van der Waals surface area contributed by atoms with Crippen LogP contribution in [0, 0.1) is 0 Å². The second-order valence-electron chi connectivity index (χ2n) is 3.87. The van der Waals surface area contributed by atoms with E-state index < -0.39 is 8.56 Å². The van der Waals surface area contributed by atoms with Crippen LogP contribution >= 0.6 is 11.6 Å². The minimum atomic E-state index is -2.67. The third-order valence-corrected chi connectivity index (χ3v) is 6.83. The fourth-order valence-corrected chi connectivity index (χ4v) is 5.32. The van der Waals surface area contributed by atoms with E-state index in [4.69, 9.17) is 20.5 Å². The minimum absolute atomic E-state index is 0.678. The highest BCUT2D eigenvalue weighted by atomic mass is 35.5. The highest BCUT2D eigenvalue weighted by molar-refractivity contribution is 6.93. The molecule has 2 rings (SSSR count). The molecule has 0 atom stereocenters. The second-order valence-corrected chi connectivity index (χ2v) is 7.44. The zero-order valence-electron chi connectivity index (χ0n) is 10.4. The standard InChI is InChI=1S/C14H15ClO2Si/c1-16-18(17-2,12-8-4-3-5-9-12)14-11-7-6-10-13(14)15/h3-11H,1-2H3.